The third-order valence-electron chi connectivity index (χ3n) is 6.42. The molecule has 1 heterocycles. The van der Waals surface area contributed by atoms with Gasteiger partial charge in [0.2, 0.25) is 10.0 Å². The highest BCUT2D eigenvalue weighted by Crippen LogP contribution is 2.40. The normalized spacial score (nSPS) is 25.6. The van der Waals surface area contributed by atoms with E-state index >= 15 is 0 Å². The van der Waals surface area contributed by atoms with E-state index in [0.29, 0.717) is 24.7 Å². The minimum atomic E-state index is -3.61. The van der Waals surface area contributed by atoms with Crippen molar-refractivity contribution in [2.24, 2.45) is 5.92 Å². The van der Waals surface area contributed by atoms with Crippen LogP contribution in [0.2, 0.25) is 0 Å². The highest BCUT2D eigenvalue weighted by molar-refractivity contribution is 7.89. The minimum Gasteiger partial charge on any atom is -0.375 e. The highest BCUT2D eigenvalue weighted by Gasteiger charge is 2.44. The molecule has 2 atom stereocenters. The number of nitrogens with zero attached hydrogens (tertiary/aromatic N) is 1. The Morgan fingerprint density at radius 2 is 1.74 bits per heavy atom. The molecular formula is C26H31NO3S. The van der Waals surface area contributed by atoms with E-state index in [1.165, 1.54) is 11.1 Å². The van der Waals surface area contributed by atoms with E-state index in [-0.39, 0.29) is 12.0 Å². The van der Waals surface area contributed by atoms with Crippen LogP contribution in [0.5, 0.6) is 0 Å². The Morgan fingerprint density at radius 1 is 1.00 bits per heavy atom. The topological polar surface area (TPSA) is 46.6 Å². The number of ether oxygens (including phenoxy) is 1. The third kappa shape index (κ3) is 4.84. The monoisotopic (exact) mass is 437 g/mol. The summed E-state index contributed by atoms with van der Waals surface area (Å²) in [5.41, 5.74) is 4.71. The maximum absolute atomic E-state index is 13.6. The first-order valence-corrected chi connectivity index (χ1v) is 12.4. The zero-order chi connectivity index (χ0) is 21.8. The van der Waals surface area contributed by atoms with Gasteiger partial charge in [-0.15, -0.1) is 0 Å². The molecule has 0 spiro atoms. The summed E-state index contributed by atoms with van der Waals surface area (Å²) < 4.78 is 35.1. The Bertz CT molecular complexity index is 1060. The molecule has 5 heteroatoms. The fourth-order valence-electron chi connectivity index (χ4n) is 4.62. The lowest BCUT2D eigenvalue weighted by Gasteiger charge is -2.27. The molecule has 1 fully saturated rings. The second kappa shape index (κ2) is 9.51. The van der Waals surface area contributed by atoms with Gasteiger partial charge in [-0.1, -0.05) is 71.3 Å². The molecule has 0 aromatic heterocycles. The smallest absolute Gasteiger partial charge is 0.243 e. The molecule has 1 aliphatic carbocycles. The lowest BCUT2D eigenvalue weighted by Crippen LogP contribution is -2.41. The molecule has 4 nitrogen and oxygen atoms in total. The number of fused-ring (bicyclic) bond motifs is 1. The van der Waals surface area contributed by atoms with Gasteiger partial charge in [-0.3, -0.25) is 0 Å². The molecule has 0 amide bonds. The van der Waals surface area contributed by atoms with Crippen LogP contribution in [-0.2, 0) is 21.4 Å². The largest absolute Gasteiger partial charge is 0.375 e. The standard InChI is InChI=1S/C26H31NO3S/c1-20-13-15-23(16-14-20)31(28,29)27-17-25-21(2)9-5-3-8-12-24(25)26(27)19-30-18-22-10-6-4-7-11-22/h3-7,10-11,13-16,24,26H,8-9,12,17-19H2,1-2H3/b5-3-,25-21-/t24-,26+/m0/s1. The maximum Gasteiger partial charge on any atom is 0.243 e. The zero-order valence-corrected chi connectivity index (χ0v) is 19.1. The van der Waals surface area contributed by atoms with Crippen LogP contribution in [0.4, 0.5) is 0 Å². The molecule has 2 aliphatic rings. The lowest BCUT2D eigenvalue weighted by atomic mass is 9.86. The average Bonchev–Trinajstić information content (AvgIpc) is 3.12. The van der Waals surface area contributed by atoms with E-state index < -0.39 is 10.0 Å². The van der Waals surface area contributed by atoms with E-state index in [1.807, 2.05) is 49.4 Å². The van der Waals surface area contributed by atoms with Gasteiger partial charge < -0.3 is 4.74 Å². The van der Waals surface area contributed by atoms with Gasteiger partial charge in [-0.25, -0.2) is 8.42 Å². The summed E-state index contributed by atoms with van der Waals surface area (Å²) in [7, 11) is -3.61. The van der Waals surface area contributed by atoms with Crippen LogP contribution in [0.3, 0.4) is 0 Å². The number of rotatable bonds is 6. The Balaban J connectivity index is 1.63. The van der Waals surface area contributed by atoms with Crippen LogP contribution in [0, 0.1) is 12.8 Å². The van der Waals surface area contributed by atoms with E-state index in [4.69, 9.17) is 4.74 Å². The molecule has 2 aromatic carbocycles. The van der Waals surface area contributed by atoms with Crippen LogP contribution in [0.15, 0.2) is 82.8 Å². The lowest BCUT2D eigenvalue weighted by molar-refractivity contribution is 0.0749. The second-order valence-corrected chi connectivity index (χ2v) is 10.5. The molecule has 0 N–H and O–H groups in total. The first-order chi connectivity index (χ1) is 15.0. The summed E-state index contributed by atoms with van der Waals surface area (Å²) in [4.78, 5) is 0.358. The Kier molecular flexibility index (Phi) is 6.75. The van der Waals surface area contributed by atoms with Gasteiger partial charge in [0.25, 0.3) is 0 Å². The SMILES string of the molecule is C/C1=C2\CN(S(=O)(=O)c3ccc(C)cc3)[C@H](COCc3ccccc3)[C@H]2CC/C=C\C1. The van der Waals surface area contributed by atoms with Crippen molar-refractivity contribution in [3.63, 3.8) is 0 Å². The number of sulfonamides is 1. The van der Waals surface area contributed by atoms with Crippen molar-refractivity contribution in [2.75, 3.05) is 13.2 Å². The van der Waals surface area contributed by atoms with Crippen LogP contribution >= 0.6 is 0 Å². The molecule has 4 rings (SSSR count). The zero-order valence-electron chi connectivity index (χ0n) is 18.3. The molecular weight excluding hydrogens is 406 g/mol. The summed E-state index contributed by atoms with van der Waals surface area (Å²) in [5, 5.41) is 0. The number of allylic oxidation sites excluding steroid dienone is 3. The van der Waals surface area contributed by atoms with E-state index in [9.17, 15) is 8.42 Å². The maximum atomic E-state index is 13.6. The van der Waals surface area contributed by atoms with Crippen molar-refractivity contribution in [2.45, 2.75) is 50.7 Å². The van der Waals surface area contributed by atoms with E-state index in [1.54, 1.807) is 16.4 Å². The molecule has 31 heavy (non-hydrogen) atoms. The highest BCUT2D eigenvalue weighted by atomic mass is 32.2. The van der Waals surface area contributed by atoms with Crippen LogP contribution in [0.1, 0.15) is 37.3 Å². The van der Waals surface area contributed by atoms with Gasteiger partial charge >= 0.3 is 0 Å². The Labute approximate surface area is 186 Å². The third-order valence-corrected chi connectivity index (χ3v) is 8.30. The van der Waals surface area contributed by atoms with Crippen molar-refractivity contribution in [1.82, 2.24) is 4.31 Å². The number of hydrogen-bond acceptors (Lipinski definition) is 3. The van der Waals surface area contributed by atoms with Gasteiger partial charge in [0.15, 0.2) is 0 Å². The summed E-state index contributed by atoms with van der Waals surface area (Å²) in [6.45, 7) is 5.45. The molecule has 0 bridgehead atoms. The van der Waals surface area contributed by atoms with Crippen LogP contribution in [0.25, 0.3) is 0 Å². The fraction of sp³-hybridized carbons (Fsp3) is 0.385. The molecule has 1 saturated heterocycles. The molecule has 2 aromatic rings. The second-order valence-electron chi connectivity index (χ2n) is 8.60. The van der Waals surface area contributed by atoms with Crippen LogP contribution < -0.4 is 0 Å². The predicted molar refractivity (Wildman–Crippen MR) is 124 cm³/mol. The van der Waals surface area contributed by atoms with Gasteiger partial charge in [-0.2, -0.15) is 4.31 Å². The minimum absolute atomic E-state index is 0.188. The first kappa shape index (κ1) is 22.0. The van der Waals surface area contributed by atoms with Gasteiger partial charge in [0.1, 0.15) is 0 Å². The van der Waals surface area contributed by atoms with Gasteiger partial charge in [0.05, 0.1) is 24.2 Å². The van der Waals surface area contributed by atoms with Gasteiger partial charge in [0, 0.05) is 12.5 Å². The van der Waals surface area contributed by atoms with Crippen molar-refractivity contribution < 1.29 is 13.2 Å². The first-order valence-electron chi connectivity index (χ1n) is 11.0. The summed E-state index contributed by atoms with van der Waals surface area (Å²) >= 11 is 0. The van der Waals surface area contributed by atoms with E-state index in [0.717, 1.165) is 30.4 Å². The molecule has 0 radical (unpaired) electrons. The van der Waals surface area contributed by atoms with Gasteiger partial charge in [-0.05, 0) is 50.8 Å². The van der Waals surface area contributed by atoms with Crippen molar-refractivity contribution in [3.8, 4) is 0 Å². The number of aryl methyl sites for hydroxylation is 1. The molecule has 164 valence electrons. The summed E-state index contributed by atoms with van der Waals surface area (Å²) in [5.74, 6) is 0.195. The molecule has 0 unspecified atom stereocenters. The van der Waals surface area contributed by atoms with E-state index in [2.05, 4.69) is 19.1 Å². The quantitative estimate of drug-likeness (QED) is 0.579. The Morgan fingerprint density at radius 3 is 2.48 bits per heavy atom. The summed E-state index contributed by atoms with van der Waals surface area (Å²) in [6, 6.07) is 17.0. The van der Waals surface area contributed by atoms with Crippen LogP contribution in [-0.4, -0.2) is 31.9 Å². The number of benzene rings is 2. The van der Waals surface area contributed by atoms with Crippen molar-refractivity contribution >= 4 is 10.0 Å². The predicted octanol–water partition coefficient (Wildman–Crippen LogP) is 5.26. The average molecular weight is 438 g/mol. The molecule has 0 saturated carbocycles. The fourth-order valence-corrected chi connectivity index (χ4v) is 6.24. The van der Waals surface area contributed by atoms with Crippen molar-refractivity contribution in [1.29, 1.82) is 0 Å². The Hall–Kier alpha value is -2.21. The van der Waals surface area contributed by atoms with Crippen molar-refractivity contribution in [3.05, 3.63) is 89.0 Å². The molecule has 1 aliphatic heterocycles. The number of hydrogen-bond donors (Lipinski definition) is 0. The summed E-state index contributed by atoms with van der Waals surface area (Å²) in [6.07, 6.45) is 7.23.